The van der Waals surface area contributed by atoms with Crippen LogP contribution in [0.25, 0.3) is 5.69 Å². The quantitative estimate of drug-likeness (QED) is 0.376. The molecule has 0 atom stereocenters. The Morgan fingerprint density at radius 1 is 1.06 bits per heavy atom. The van der Waals surface area contributed by atoms with Gasteiger partial charge in [-0.3, -0.25) is 4.57 Å². The van der Waals surface area contributed by atoms with Crippen molar-refractivity contribution in [3.05, 3.63) is 71.9 Å². The van der Waals surface area contributed by atoms with Gasteiger partial charge in [-0.2, -0.15) is 4.98 Å². The zero-order valence-corrected chi connectivity index (χ0v) is 20.5. The summed E-state index contributed by atoms with van der Waals surface area (Å²) in [6.45, 7) is 6.11. The van der Waals surface area contributed by atoms with Gasteiger partial charge in [0.15, 0.2) is 11.5 Å². The molecule has 33 heavy (non-hydrogen) atoms. The molecule has 3 rings (SSSR count). The van der Waals surface area contributed by atoms with E-state index in [9.17, 15) is 4.79 Å². The number of nitrogens with zero attached hydrogens (tertiary/aromatic N) is 3. The molecular formula is C25H30N4O3S. The number of para-hydroxylation sites is 1. The van der Waals surface area contributed by atoms with E-state index in [-0.39, 0.29) is 12.3 Å². The van der Waals surface area contributed by atoms with Gasteiger partial charge in [-0.05, 0) is 38.5 Å². The summed E-state index contributed by atoms with van der Waals surface area (Å²) in [5.74, 6) is 0.394. The summed E-state index contributed by atoms with van der Waals surface area (Å²) in [4.78, 5) is 20.2. The highest BCUT2D eigenvalue weighted by atomic mass is 32.1. The lowest BCUT2D eigenvalue weighted by Crippen LogP contribution is -2.27. The van der Waals surface area contributed by atoms with Crippen LogP contribution in [0.1, 0.15) is 36.8 Å². The average molecular weight is 467 g/mol. The second kappa shape index (κ2) is 10.6. The van der Waals surface area contributed by atoms with E-state index in [0.717, 1.165) is 11.3 Å². The smallest absolute Gasteiger partial charge is 0.359 e. The summed E-state index contributed by atoms with van der Waals surface area (Å²) in [5.41, 5.74) is 1.44. The molecule has 0 amide bonds. The molecule has 1 N–H and O–H groups in total. The Balaban J connectivity index is 1.91. The number of ether oxygens (including phenoxy) is 2. The Morgan fingerprint density at radius 2 is 1.67 bits per heavy atom. The molecule has 0 saturated heterocycles. The molecule has 0 spiro atoms. The van der Waals surface area contributed by atoms with Crippen LogP contribution in [-0.4, -0.2) is 46.8 Å². The maximum Gasteiger partial charge on any atom is 0.359 e. The van der Waals surface area contributed by atoms with Crippen LogP contribution in [-0.2, 0) is 16.1 Å². The molecule has 0 fully saturated rings. The third kappa shape index (κ3) is 6.63. The first-order chi connectivity index (χ1) is 15.7. The maximum absolute atomic E-state index is 13.3. The first-order valence-corrected chi connectivity index (χ1v) is 11.1. The van der Waals surface area contributed by atoms with E-state index in [1.165, 1.54) is 0 Å². The number of thiocarbonyl (C=S) groups is 1. The van der Waals surface area contributed by atoms with E-state index >= 15 is 0 Å². The van der Waals surface area contributed by atoms with Crippen molar-refractivity contribution >= 4 is 34.9 Å². The van der Waals surface area contributed by atoms with Crippen LogP contribution in [0.2, 0.25) is 0 Å². The molecule has 0 aliphatic rings. The van der Waals surface area contributed by atoms with Crippen molar-refractivity contribution in [3.63, 3.8) is 0 Å². The molecule has 1 aromatic heterocycles. The standard InChI is InChI=1S/C25H30N4O3S/c1-25(2,3)32-23(30)21-22(26-20(33)17-31-16-18-12-8-6-9-13-18)27-24(28(4)5)29(21)19-14-10-7-11-15-19/h6-15H,16-17H2,1-5H3,(H,26,33). The summed E-state index contributed by atoms with van der Waals surface area (Å²) in [6.07, 6.45) is 0. The van der Waals surface area contributed by atoms with Crippen LogP contribution in [0, 0.1) is 0 Å². The number of carbonyl (C=O) groups excluding carboxylic acids is 1. The highest BCUT2D eigenvalue weighted by molar-refractivity contribution is 7.80. The number of rotatable bonds is 8. The van der Waals surface area contributed by atoms with E-state index in [1.54, 1.807) is 4.57 Å². The number of esters is 1. The topological polar surface area (TPSA) is 68.6 Å². The monoisotopic (exact) mass is 466 g/mol. The Morgan fingerprint density at radius 3 is 2.24 bits per heavy atom. The fourth-order valence-electron chi connectivity index (χ4n) is 3.14. The average Bonchev–Trinajstić information content (AvgIpc) is 3.13. The molecule has 0 aliphatic carbocycles. The van der Waals surface area contributed by atoms with Gasteiger partial charge in [-0.15, -0.1) is 0 Å². The van der Waals surface area contributed by atoms with Gasteiger partial charge in [-0.1, -0.05) is 60.7 Å². The summed E-state index contributed by atoms with van der Waals surface area (Å²) in [5, 5.41) is 3.10. The second-order valence-corrected chi connectivity index (χ2v) is 9.20. The van der Waals surface area contributed by atoms with E-state index in [0.29, 0.717) is 23.4 Å². The van der Waals surface area contributed by atoms with Gasteiger partial charge in [0, 0.05) is 19.8 Å². The van der Waals surface area contributed by atoms with Gasteiger partial charge >= 0.3 is 5.97 Å². The number of hydrogen-bond acceptors (Lipinski definition) is 6. The minimum atomic E-state index is -0.669. The van der Waals surface area contributed by atoms with Gasteiger partial charge in [-0.25, -0.2) is 4.79 Å². The van der Waals surface area contributed by atoms with Gasteiger partial charge < -0.3 is 19.7 Å². The third-order valence-corrected chi connectivity index (χ3v) is 4.69. The fourth-order valence-corrected chi connectivity index (χ4v) is 3.32. The molecule has 3 aromatic rings. The van der Waals surface area contributed by atoms with Gasteiger partial charge in [0.05, 0.1) is 13.2 Å². The van der Waals surface area contributed by atoms with Crippen LogP contribution in [0.3, 0.4) is 0 Å². The Hall–Kier alpha value is -3.23. The van der Waals surface area contributed by atoms with Gasteiger partial charge in [0.25, 0.3) is 0 Å². The number of carbonyl (C=O) groups is 1. The van der Waals surface area contributed by atoms with E-state index in [4.69, 9.17) is 21.7 Å². The molecule has 0 radical (unpaired) electrons. The molecule has 174 valence electrons. The predicted octanol–water partition coefficient (Wildman–Crippen LogP) is 4.85. The lowest BCUT2D eigenvalue weighted by molar-refractivity contribution is 0.00619. The highest BCUT2D eigenvalue weighted by Crippen LogP contribution is 2.29. The van der Waals surface area contributed by atoms with Crippen molar-refractivity contribution in [1.29, 1.82) is 0 Å². The molecular weight excluding hydrogens is 436 g/mol. The molecule has 1 heterocycles. The van der Waals surface area contributed by atoms with Crippen molar-refractivity contribution < 1.29 is 14.3 Å². The third-order valence-electron chi connectivity index (χ3n) is 4.47. The van der Waals surface area contributed by atoms with Crippen LogP contribution >= 0.6 is 12.2 Å². The number of benzene rings is 2. The van der Waals surface area contributed by atoms with Crippen LogP contribution in [0.5, 0.6) is 0 Å². The lowest BCUT2D eigenvalue weighted by atomic mass is 10.2. The molecule has 0 aliphatic heterocycles. The van der Waals surface area contributed by atoms with Crippen molar-refractivity contribution in [2.24, 2.45) is 0 Å². The Labute approximate surface area is 200 Å². The van der Waals surface area contributed by atoms with E-state index in [1.807, 2.05) is 100 Å². The molecule has 8 heteroatoms. The predicted molar refractivity (Wildman–Crippen MR) is 135 cm³/mol. The van der Waals surface area contributed by atoms with Crippen LogP contribution in [0.15, 0.2) is 60.7 Å². The molecule has 0 bridgehead atoms. The summed E-state index contributed by atoms with van der Waals surface area (Å²) in [6, 6.07) is 19.4. The van der Waals surface area contributed by atoms with E-state index < -0.39 is 11.6 Å². The number of anilines is 2. The minimum Gasteiger partial charge on any atom is -0.455 e. The molecule has 0 saturated carbocycles. The summed E-state index contributed by atoms with van der Waals surface area (Å²) >= 11 is 5.49. The van der Waals surface area contributed by atoms with E-state index in [2.05, 4.69) is 10.3 Å². The van der Waals surface area contributed by atoms with Crippen molar-refractivity contribution in [2.45, 2.75) is 33.0 Å². The lowest BCUT2D eigenvalue weighted by Gasteiger charge is -2.21. The SMILES string of the molecule is CN(C)c1nc(NC(=S)COCc2ccccc2)c(C(=O)OC(C)(C)C)n1-c1ccccc1. The minimum absolute atomic E-state index is 0.188. The van der Waals surface area contributed by atoms with Crippen molar-refractivity contribution in [1.82, 2.24) is 9.55 Å². The zero-order valence-electron chi connectivity index (χ0n) is 19.7. The Bertz CT molecular complexity index is 1090. The molecule has 7 nitrogen and oxygen atoms in total. The first-order valence-electron chi connectivity index (χ1n) is 10.7. The molecule has 0 unspecified atom stereocenters. The van der Waals surface area contributed by atoms with Gasteiger partial charge in [0.1, 0.15) is 10.6 Å². The number of imidazole rings is 1. The van der Waals surface area contributed by atoms with Gasteiger partial charge in [0.2, 0.25) is 5.95 Å². The molecule has 2 aromatic carbocycles. The number of aromatic nitrogens is 2. The largest absolute Gasteiger partial charge is 0.455 e. The normalized spacial score (nSPS) is 11.2. The zero-order chi connectivity index (χ0) is 24.0. The summed E-state index contributed by atoms with van der Waals surface area (Å²) in [7, 11) is 3.73. The van der Waals surface area contributed by atoms with Crippen LogP contribution in [0.4, 0.5) is 11.8 Å². The second-order valence-electron chi connectivity index (χ2n) is 8.70. The van der Waals surface area contributed by atoms with Crippen LogP contribution < -0.4 is 10.2 Å². The first kappa shape index (κ1) is 24.4. The summed E-state index contributed by atoms with van der Waals surface area (Å²) < 4.78 is 13.2. The highest BCUT2D eigenvalue weighted by Gasteiger charge is 2.29. The van der Waals surface area contributed by atoms with Crippen molar-refractivity contribution in [3.8, 4) is 5.69 Å². The fraction of sp³-hybridized carbons (Fsp3) is 0.320. The van der Waals surface area contributed by atoms with Crippen molar-refractivity contribution in [2.75, 3.05) is 30.9 Å². The maximum atomic E-state index is 13.3. The number of hydrogen-bond donors (Lipinski definition) is 1. The number of nitrogens with one attached hydrogen (secondary N) is 1. The Kier molecular flexibility index (Phi) is 7.84.